The quantitative estimate of drug-likeness (QED) is 0.903. The van der Waals surface area contributed by atoms with Crippen LogP contribution in [0.25, 0.3) is 0 Å². The summed E-state index contributed by atoms with van der Waals surface area (Å²) in [7, 11) is 1.92. The summed E-state index contributed by atoms with van der Waals surface area (Å²) in [5.41, 5.74) is 7.29. The van der Waals surface area contributed by atoms with E-state index in [0.717, 1.165) is 12.1 Å². The summed E-state index contributed by atoms with van der Waals surface area (Å²) >= 11 is 0. The van der Waals surface area contributed by atoms with Gasteiger partial charge in [-0.15, -0.1) is 0 Å². The van der Waals surface area contributed by atoms with Crippen molar-refractivity contribution in [1.82, 2.24) is 4.90 Å². The number of benzene rings is 1. The number of nitrogens with zero attached hydrogens (tertiary/aromatic N) is 1. The van der Waals surface area contributed by atoms with E-state index in [-0.39, 0.29) is 17.9 Å². The van der Waals surface area contributed by atoms with Crippen molar-refractivity contribution < 1.29 is 4.79 Å². The molecule has 0 bridgehead atoms. The lowest BCUT2D eigenvalue weighted by Gasteiger charge is -2.30. The Balaban J connectivity index is 1.91. The third kappa shape index (κ3) is 4.31. The molecule has 0 radical (unpaired) electrons. The number of carbonyl (C=O) groups is 1. The third-order valence-corrected chi connectivity index (χ3v) is 4.75. The molecule has 21 heavy (non-hydrogen) atoms. The monoisotopic (exact) mass is 288 g/mol. The maximum absolute atomic E-state index is 12.6. The predicted molar refractivity (Wildman–Crippen MR) is 86.7 cm³/mol. The van der Waals surface area contributed by atoms with Crippen LogP contribution in [0.2, 0.25) is 0 Å². The fourth-order valence-corrected chi connectivity index (χ4v) is 3.31. The van der Waals surface area contributed by atoms with Crippen LogP contribution in [0.4, 0.5) is 0 Å². The summed E-state index contributed by atoms with van der Waals surface area (Å²) in [4.78, 5) is 14.5. The van der Waals surface area contributed by atoms with Gasteiger partial charge in [-0.2, -0.15) is 0 Å². The Morgan fingerprint density at radius 3 is 2.48 bits per heavy atom. The number of carbonyl (C=O) groups excluding carboxylic acids is 1. The molecular formula is C18H28N2O. The summed E-state index contributed by atoms with van der Waals surface area (Å²) in [6.07, 6.45) is 6.49. The topological polar surface area (TPSA) is 46.3 Å². The normalized spacial score (nSPS) is 19.0. The SMILES string of the molecule is CC(C(=O)N(C)CC1CCCCC1)C(N)c1ccccc1. The first-order chi connectivity index (χ1) is 10.1. The fourth-order valence-electron chi connectivity index (χ4n) is 3.31. The Kier molecular flexibility index (Phi) is 5.80. The van der Waals surface area contributed by atoms with E-state index in [1.165, 1.54) is 32.1 Å². The van der Waals surface area contributed by atoms with Gasteiger partial charge in [0.05, 0.1) is 5.92 Å². The molecule has 1 saturated carbocycles. The van der Waals surface area contributed by atoms with Gasteiger partial charge in [-0.3, -0.25) is 4.79 Å². The van der Waals surface area contributed by atoms with Crippen LogP contribution >= 0.6 is 0 Å². The van der Waals surface area contributed by atoms with Gasteiger partial charge >= 0.3 is 0 Å². The van der Waals surface area contributed by atoms with E-state index in [1.54, 1.807) is 0 Å². The van der Waals surface area contributed by atoms with Crippen LogP contribution in [0.1, 0.15) is 50.6 Å². The zero-order valence-electron chi connectivity index (χ0n) is 13.3. The molecule has 1 aliphatic carbocycles. The maximum atomic E-state index is 12.6. The molecule has 1 aliphatic rings. The van der Waals surface area contributed by atoms with E-state index in [9.17, 15) is 4.79 Å². The second kappa shape index (κ2) is 7.60. The molecule has 116 valence electrons. The first-order valence-corrected chi connectivity index (χ1v) is 8.15. The molecule has 3 nitrogen and oxygen atoms in total. The molecule has 2 N–H and O–H groups in total. The summed E-state index contributed by atoms with van der Waals surface area (Å²) in [5, 5.41) is 0. The lowest BCUT2D eigenvalue weighted by Crippen LogP contribution is -2.39. The molecule has 0 aliphatic heterocycles. The molecule has 1 fully saturated rings. The second-order valence-corrected chi connectivity index (χ2v) is 6.45. The number of hydrogen-bond donors (Lipinski definition) is 1. The maximum Gasteiger partial charge on any atom is 0.227 e. The van der Waals surface area contributed by atoms with Gasteiger partial charge in [-0.05, 0) is 24.3 Å². The number of amides is 1. The smallest absolute Gasteiger partial charge is 0.227 e. The lowest BCUT2D eigenvalue weighted by atomic mass is 9.88. The Bertz CT molecular complexity index is 440. The molecule has 3 heteroatoms. The average molecular weight is 288 g/mol. The molecule has 2 unspecified atom stereocenters. The van der Waals surface area contributed by atoms with Crippen LogP contribution in [0.15, 0.2) is 30.3 Å². The van der Waals surface area contributed by atoms with Crippen LogP contribution in [-0.2, 0) is 4.79 Å². The van der Waals surface area contributed by atoms with E-state index in [4.69, 9.17) is 5.73 Å². The highest BCUT2D eigenvalue weighted by atomic mass is 16.2. The largest absolute Gasteiger partial charge is 0.345 e. The second-order valence-electron chi connectivity index (χ2n) is 6.45. The molecule has 2 rings (SSSR count). The van der Waals surface area contributed by atoms with Crippen molar-refractivity contribution in [2.24, 2.45) is 17.6 Å². The average Bonchev–Trinajstić information content (AvgIpc) is 2.54. The number of nitrogens with two attached hydrogens (primary N) is 1. The summed E-state index contributed by atoms with van der Waals surface area (Å²) < 4.78 is 0. The Morgan fingerprint density at radius 2 is 1.86 bits per heavy atom. The minimum atomic E-state index is -0.229. The first kappa shape index (κ1) is 16.0. The molecule has 0 spiro atoms. The van der Waals surface area contributed by atoms with E-state index in [1.807, 2.05) is 49.2 Å². The van der Waals surface area contributed by atoms with Crippen LogP contribution in [0.3, 0.4) is 0 Å². The fraction of sp³-hybridized carbons (Fsp3) is 0.611. The highest BCUT2D eigenvalue weighted by Gasteiger charge is 2.26. The Hall–Kier alpha value is -1.35. The van der Waals surface area contributed by atoms with Gasteiger partial charge in [0.15, 0.2) is 0 Å². The van der Waals surface area contributed by atoms with Crippen molar-refractivity contribution in [3.63, 3.8) is 0 Å². The number of rotatable bonds is 5. The lowest BCUT2D eigenvalue weighted by molar-refractivity contribution is -0.135. The van der Waals surface area contributed by atoms with Crippen molar-refractivity contribution in [2.75, 3.05) is 13.6 Å². The molecule has 1 aromatic carbocycles. The van der Waals surface area contributed by atoms with Crippen molar-refractivity contribution in [2.45, 2.75) is 45.1 Å². The summed E-state index contributed by atoms with van der Waals surface area (Å²) in [5.74, 6) is 0.658. The van der Waals surface area contributed by atoms with E-state index >= 15 is 0 Å². The minimum absolute atomic E-state index is 0.164. The zero-order valence-corrected chi connectivity index (χ0v) is 13.3. The van der Waals surface area contributed by atoms with Gasteiger partial charge < -0.3 is 10.6 Å². The first-order valence-electron chi connectivity index (χ1n) is 8.15. The van der Waals surface area contributed by atoms with Gasteiger partial charge in [0, 0.05) is 19.6 Å². The van der Waals surface area contributed by atoms with Gasteiger partial charge in [-0.25, -0.2) is 0 Å². The van der Waals surface area contributed by atoms with Crippen LogP contribution in [-0.4, -0.2) is 24.4 Å². The van der Waals surface area contributed by atoms with Crippen LogP contribution < -0.4 is 5.73 Å². The molecule has 1 aromatic rings. The zero-order chi connectivity index (χ0) is 15.2. The van der Waals surface area contributed by atoms with Gasteiger partial charge in [0.25, 0.3) is 0 Å². The molecule has 0 aromatic heterocycles. The van der Waals surface area contributed by atoms with Crippen molar-refractivity contribution in [3.05, 3.63) is 35.9 Å². The van der Waals surface area contributed by atoms with Gasteiger partial charge in [-0.1, -0.05) is 56.5 Å². The third-order valence-electron chi connectivity index (χ3n) is 4.75. The molecule has 0 heterocycles. The summed E-state index contributed by atoms with van der Waals surface area (Å²) in [6, 6.07) is 9.67. The van der Waals surface area contributed by atoms with E-state index in [2.05, 4.69) is 0 Å². The highest BCUT2D eigenvalue weighted by molar-refractivity contribution is 5.79. The molecule has 2 atom stereocenters. The van der Waals surface area contributed by atoms with Crippen LogP contribution in [0.5, 0.6) is 0 Å². The van der Waals surface area contributed by atoms with Crippen molar-refractivity contribution >= 4 is 5.91 Å². The molecular weight excluding hydrogens is 260 g/mol. The van der Waals surface area contributed by atoms with Crippen LogP contribution in [0, 0.1) is 11.8 Å². The standard InChI is InChI=1S/C18H28N2O/c1-14(17(19)16-11-7-4-8-12-16)18(21)20(2)13-15-9-5-3-6-10-15/h4,7-8,11-12,14-15,17H,3,5-6,9-10,13,19H2,1-2H3. The van der Waals surface area contributed by atoms with Crippen molar-refractivity contribution in [3.8, 4) is 0 Å². The minimum Gasteiger partial charge on any atom is -0.345 e. The van der Waals surface area contributed by atoms with E-state index in [0.29, 0.717) is 5.92 Å². The molecule has 1 amide bonds. The Morgan fingerprint density at radius 1 is 1.24 bits per heavy atom. The van der Waals surface area contributed by atoms with Gasteiger partial charge in [0.2, 0.25) is 5.91 Å². The van der Waals surface area contributed by atoms with E-state index < -0.39 is 0 Å². The van der Waals surface area contributed by atoms with Crippen molar-refractivity contribution in [1.29, 1.82) is 0 Å². The number of hydrogen-bond acceptors (Lipinski definition) is 2. The molecule has 0 saturated heterocycles. The van der Waals surface area contributed by atoms with Gasteiger partial charge in [0.1, 0.15) is 0 Å². The Labute approximate surface area is 128 Å². The summed E-state index contributed by atoms with van der Waals surface area (Å²) in [6.45, 7) is 2.82. The predicted octanol–water partition coefficient (Wildman–Crippen LogP) is 3.36. The highest BCUT2D eigenvalue weighted by Crippen LogP contribution is 2.26.